The Bertz CT molecular complexity index is 484. The van der Waals surface area contributed by atoms with E-state index in [1.807, 2.05) is 19.2 Å². The lowest BCUT2D eigenvalue weighted by atomic mass is 9.89. The molecule has 2 rings (SSSR count). The predicted molar refractivity (Wildman–Crippen MR) is 69.3 cm³/mol. The fraction of sp³-hybridized carbons (Fsp3) is 0.273. The van der Waals surface area contributed by atoms with E-state index in [4.69, 9.17) is 10.0 Å². The van der Waals surface area contributed by atoms with Crippen molar-refractivity contribution in [2.75, 3.05) is 13.6 Å². The molecule has 0 atom stereocenters. The molecule has 0 saturated carbocycles. The van der Waals surface area contributed by atoms with E-state index in [-0.39, 0.29) is 0 Å². The van der Waals surface area contributed by atoms with E-state index < -0.39 is 7.12 Å². The Hall–Kier alpha value is -0.875. The Morgan fingerprint density at radius 1 is 1.31 bits per heavy atom. The molecule has 0 radical (unpaired) electrons. The van der Waals surface area contributed by atoms with Crippen molar-refractivity contribution in [2.45, 2.75) is 6.42 Å². The number of benzene rings is 1. The van der Waals surface area contributed by atoms with Gasteiger partial charge < -0.3 is 15.4 Å². The van der Waals surface area contributed by atoms with E-state index in [0.29, 0.717) is 4.78 Å². The van der Waals surface area contributed by atoms with Crippen LogP contribution in [0.3, 0.4) is 0 Å². The Kier molecular flexibility index (Phi) is 3.61. The maximum atomic E-state index is 9.09. The zero-order valence-electron chi connectivity index (χ0n) is 9.10. The predicted octanol–water partition coefficient (Wildman–Crippen LogP) is 0.343. The molecule has 0 aliphatic carbocycles. The molecule has 0 saturated heterocycles. The Morgan fingerprint density at radius 2 is 2.12 bits per heavy atom. The molecule has 0 unspecified atom stereocenters. The summed E-state index contributed by atoms with van der Waals surface area (Å²) >= 11 is 1.43. The van der Waals surface area contributed by atoms with Crippen molar-refractivity contribution in [3.63, 3.8) is 0 Å². The summed E-state index contributed by atoms with van der Waals surface area (Å²) in [4.78, 5) is 0. The van der Waals surface area contributed by atoms with E-state index in [2.05, 4.69) is 17.4 Å². The number of rotatable bonds is 4. The van der Waals surface area contributed by atoms with E-state index in [1.54, 1.807) is 0 Å². The van der Waals surface area contributed by atoms with Crippen molar-refractivity contribution in [2.24, 2.45) is 0 Å². The molecule has 1 aromatic carbocycles. The second-order valence-electron chi connectivity index (χ2n) is 3.75. The van der Waals surface area contributed by atoms with Gasteiger partial charge in [-0.2, -0.15) is 0 Å². The van der Waals surface area contributed by atoms with Gasteiger partial charge in [-0.3, -0.25) is 0 Å². The van der Waals surface area contributed by atoms with Crippen molar-refractivity contribution in [3.8, 4) is 0 Å². The molecule has 3 N–H and O–H groups in total. The molecule has 0 spiro atoms. The highest BCUT2D eigenvalue weighted by Crippen LogP contribution is 2.21. The zero-order valence-corrected chi connectivity index (χ0v) is 9.92. The number of nitrogens with one attached hydrogen (secondary N) is 1. The van der Waals surface area contributed by atoms with Gasteiger partial charge in [0.25, 0.3) is 0 Å². The van der Waals surface area contributed by atoms with Crippen LogP contribution < -0.4 is 10.1 Å². The lowest BCUT2D eigenvalue weighted by Gasteiger charge is -2.00. The third kappa shape index (κ3) is 2.44. The molecule has 16 heavy (non-hydrogen) atoms. The lowest BCUT2D eigenvalue weighted by molar-refractivity contribution is 0.427. The summed E-state index contributed by atoms with van der Waals surface area (Å²) in [6, 6.07) is 8.05. The summed E-state index contributed by atoms with van der Waals surface area (Å²) in [7, 11) is 0.572. The molecule has 0 aliphatic heterocycles. The van der Waals surface area contributed by atoms with Gasteiger partial charge in [0.2, 0.25) is 0 Å². The molecule has 0 fully saturated rings. The zero-order chi connectivity index (χ0) is 11.5. The molecule has 5 heteroatoms. The SMILES string of the molecule is CNCCc1ccc2cc(B(O)O)sc2c1. The first-order valence-corrected chi connectivity index (χ1v) is 6.05. The second kappa shape index (κ2) is 4.97. The third-order valence-electron chi connectivity index (χ3n) is 2.52. The van der Waals surface area contributed by atoms with Crippen LogP contribution in [-0.2, 0) is 6.42 Å². The van der Waals surface area contributed by atoms with Gasteiger partial charge in [0.15, 0.2) is 0 Å². The molecule has 3 nitrogen and oxygen atoms in total. The minimum absolute atomic E-state index is 0.598. The third-order valence-corrected chi connectivity index (χ3v) is 3.66. The van der Waals surface area contributed by atoms with Crippen LogP contribution in [0.4, 0.5) is 0 Å². The van der Waals surface area contributed by atoms with Crippen LogP contribution in [0.2, 0.25) is 0 Å². The van der Waals surface area contributed by atoms with Gasteiger partial charge in [0.05, 0.1) is 0 Å². The molecule has 1 aromatic heterocycles. The van der Waals surface area contributed by atoms with Crippen LogP contribution in [0.15, 0.2) is 24.3 Å². The van der Waals surface area contributed by atoms with Gasteiger partial charge in [-0.05, 0) is 43.1 Å². The van der Waals surface area contributed by atoms with Gasteiger partial charge in [0.1, 0.15) is 0 Å². The molecule has 0 bridgehead atoms. The van der Waals surface area contributed by atoms with Crippen molar-refractivity contribution in [3.05, 3.63) is 29.8 Å². The summed E-state index contributed by atoms with van der Waals surface area (Å²) in [5.74, 6) is 0. The van der Waals surface area contributed by atoms with E-state index >= 15 is 0 Å². The number of fused-ring (bicyclic) bond motifs is 1. The summed E-state index contributed by atoms with van der Waals surface area (Å²) < 4.78 is 1.71. The quantitative estimate of drug-likeness (QED) is 0.670. The van der Waals surface area contributed by atoms with Gasteiger partial charge >= 0.3 is 7.12 Å². The largest absolute Gasteiger partial charge is 0.499 e. The maximum Gasteiger partial charge on any atom is 0.499 e. The maximum absolute atomic E-state index is 9.09. The van der Waals surface area contributed by atoms with Crippen LogP contribution >= 0.6 is 11.3 Å². The van der Waals surface area contributed by atoms with Crippen LogP contribution in [0.5, 0.6) is 0 Å². The van der Waals surface area contributed by atoms with Gasteiger partial charge in [-0.25, -0.2) is 0 Å². The Morgan fingerprint density at radius 3 is 2.81 bits per heavy atom. The number of hydrogen-bond donors (Lipinski definition) is 3. The summed E-state index contributed by atoms with van der Waals surface area (Å²) in [6.07, 6.45) is 0.987. The molecule has 1 heterocycles. The summed E-state index contributed by atoms with van der Waals surface area (Å²) in [5.41, 5.74) is 1.27. The first-order valence-electron chi connectivity index (χ1n) is 5.24. The normalized spacial score (nSPS) is 10.9. The van der Waals surface area contributed by atoms with Crippen molar-refractivity contribution in [1.82, 2.24) is 5.32 Å². The highest BCUT2D eigenvalue weighted by Gasteiger charge is 2.14. The van der Waals surface area contributed by atoms with Crippen molar-refractivity contribution < 1.29 is 10.0 Å². The van der Waals surface area contributed by atoms with Crippen molar-refractivity contribution in [1.29, 1.82) is 0 Å². The summed E-state index contributed by atoms with van der Waals surface area (Å²) in [5, 5.41) is 22.4. The summed E-state index contributed by atoms with van der Waals surface area (Å²) in [6.45, 7) is 0.951. The smallest absolute Gasteiger partial charge is 0.423 e. The van der Waals surface area contributed by atoms with Gasteiger partial charge in [0, 0.05) is 9.48 Å². The van der Waals surface area contributed by atoms with E-state index in [0.717, 1.165) is 23.1 Å². The van der Waals surface area contributed by atoms with Crippen LogP contribution in [0.1, 0.15) is 5.56 Å². The molecule has 0 aliphatic rings. The number of thiophene rings is 1. The van der Waals surface area contributed by atoms with E-state index in [1.165, 1.54) is 16.9 Å². The Balaban J connectivity index is 2.30. The molecule has 2 aromatic rings. The monoisotopic (exact) mass is 235 g/mol. The number of likely N-dealkylation sites (N-methyl/N-ethyl adjacent to an activating group) is 1. The average molecular weight is 235 g/mol. The second-order valence-corrected chi connectivity index (χ2v) is 4.86. The first kappa shape index (κ1) is 11.6. The standard InChI is InChI=1S/C11H14BNO2S/c1-13-5-4-8-2-3-9-7-11(12(14)15)16-10(9)6-8/h2-3,6-7,13-15H,4-5H2,1H3. The van der Waals surface area contributed by atoms with E-state index in [9.17, 15) is 0 Å². The first-order chi connectivity index (χ1) is 7.70. The molecular weight excluding hydrogens is 221 g/mol. The fourth-order valence-corrected chi connectivity index (χ4v) is 2.65. The van der Waals surface area contributed by atoms with Gasteiger partial charge in [-0.15, -0.1) is 11.3 Å². The van der Waals surface area contributed by atoms with Crippen LogP contribution in [0.25, 0.3) is 10.1 Å². The van der Waals surface area contributed by atoms with Crippen molar-refractivity contribution >= 4 is 33.3 Å². The van der Waals surface area contributed by atoms with Gasteiger partial charge in [-0.1, -0.05) is 12.1 Å². The Labute approximate surface area is 98.9 Å². The topological polar surface area (TPSA) is 52.5 Å². The minimum Gasteiger partial charge on any atom is -0.423 e. The lowest BCUT2D eigenvalue weighted by Crippen LogP contribution is -2.26. The number of hydrogen-bond acceptors (Lipinski definition) is 4. The highest BCUT2D eigenvalue weighted by atomic mass is 32.1. The van der Waals surface area contributed by atoms with Crippen LogP contribution in [0, 0.1) is 0 Å². The van der Waals surface area contributed by atoms with Crippen LogP contribution in [-0.4, -0.2) is 30.8 Å². The minimum atomic E-state index is -1.36. The fourth-order valence-electron chi connectivity index (χ4n) is 1.65. The molecule has 0 amide bonds. The average Bonchev–Trinajstić information content (AvgIpc) is 2.69. The molecule has 84 valence electrons. The highest BCUT2D eigenvalue weighted by molar-refractivity contribution is 7.27. The molecular formula is C11H14BNO2S.